The molecule has 0 saturated carbocycles. The van der Waals surface area contributed by atoms with Gasteiger partial charge in [0.25, 0.3) is 0 Å². The molecule has 0 aliphatic heterocycles. The minimum Gasteiger partial charge on any atom is -0.458 e. The molecule has 0 N–H and O–H groups in total. The lowest BCUT2D eigenvalue weighted by Crippen LogP contribution is -2.22. The average Bonchev–Trinajstić information content (AvgIpc) is 2.70. The number of furan rings is 1. The third-order valence-electron chi connectivity index (χ3n) is 2.15. The zero-order chi connectivity index (χ0) is 10.7. The van der Waals surface area contributed by atoms with E-state index in [1.165, 1.54) is 10.9 Å². The molecule has 0 aromatic carbocycles. The van der Waals surface area contributed by atoms with Gasteiger partial charge >= 0.3 is 5.56 Å². The monoisotopic (exact) mass is 202 g/mol. The van der Waals surface area contributed by atoms with Crippen LogP contribution in [0.3, 0.4) is 0 Å². The first kappa shape index (κ1) is 9.53. The molecule has 0 atom stereocenters. The fourth-order valence-corrected chi connectivity index (χ4v) is 1.39. The van der Waals surface area contributed by atoms with Crippen LogP contribution in [0, 0.1) is 12.3 Å². The van der Waals surface area contributed by atoms with Gasteiger partial charge in [-0.1, -0.05) is 0 Å². The molecule has 76 valence electrons. The summed E-state index contributed by atoms with van der Waals surface area (Å²) in [5.74, 6) is 2.52. The zero-order valence-electron chi connectivity index (χ0n) is 8.14. The Morgan fingerprint density at radius 2 is 2.47 bits per heavy atom. The van der Waals surface area contributed by atoms with Gasteiger partial charge < -0.3 is 4.42 Å². The van der Waals surface area contributed by atoms with Crippen LogP contribution < -0.4 is 5.56 Å². The summed E-state index contributed by atoms with van der Waals surface area (Å²) in [5.41, 5.74) is 0.153. The first-order valence-electron chi connectivity index (χ1n) is 4.69. The molecule has 4 heteroatoms. The maximum atomic E-state index is 11.7. The number of rotatable bonds is 3. The second-order valence-electron chi connectivity index (χ2n) is 3.19. The molecule has 2 aromatic rings. The Labute approximate surface area is 86.5 Å². The summed E-state index contributed by atoms with van der Waals surface area (Å²) in [6, 6.07) is 1.72. The van der Waals surface area contributed by atoms with E-state index in [-0.39, 0.29) is 5.56 Å². The Hall–Kier alpha value is -2.02. The van der Waals surface area contributed by atoms with Gasteiger partial charge in [0.05, 0.1) is 12.5 Å². The summed E-state index contributed by atoms with van der Waals surface area (Å²) in [7, 11) is 0. The maximum Gasteiger partial charge on any atom is 0.310 e. The number of terminal acetylenes is 1. The number of unbranched alkanes of at least 4 members (excludes halogenated alkanes) is 1. The molecule has 0 saturated heterocycles. The van der Waals surface area contributed by atoms with E-state index < -0.39 is 0 Å². The van der Waals surface area contributed by atoms with E-state index in [2.05, 4.69) is 11.0 Å². The largest absolute Gasteiger partial charge is 0.458 e. The number of fused-ring (bicyclic) bond motifs is 1. The van der Waals surface area contributed by atoms with Gasteiger partial charge in [-0.05, 0) is 12.5 Å². The highest BCUT2D eigenvalue weighted by molar-refractivity contribution is 5.74. The van der Waals surface area contributed by atoms with Crippen LogP contribution in [0.2, 0.25) is 0 Å². The third-order valence-corrected chi connectivity index (χ3v) is 2.15. The molecule has 2 rings (SSSR count). The van der Waals surface area contributed by atoms with Crippen LogP contribution in [0.15, 0.2) is 27.7 Å². The molecule has 0 fully saturated rings. The van der Waals surface area contributed by atoms with Gasteiger partial charge in [-0.3, -0.25) is 4.79 Å². The fourth-order valence-electron chi connectivity index (χ4n) is 1.39. The van der Waals surface area contributed by atoms with E-state index in [1.54, 1.807) is 12.3 Å². The number of nitrogens with zero attached hydrogens (tertiary/aromatic N) is 2. The van der Waals surface area contributed by atoms with E-state index in [4.69, 9.17) is 10.8 Å². The fraction of sp³-hybridized carbons (Fsp3) is 0.273. The van der Waals surface area contributed by atoms with Crippen molar-refractivity contribution in [2.24, 2.45) is 0 Å². The van der Waals surface area contributed by atoms with E-state index >= 15 is 0 Å². The van der Waals surface area contributed by atoms with Crippen molar-refractivity contribution < 1.29 is 4.42 Å². The summed E-state index contributed by atoms with van der Waals surface area (Å²) in [4.78, 5) is 11.7. The van der Waals surface area contributed by atoms with E-state index in [0.29, 0.717) is 18.5 Å². The molecule has 0 aliphatic rings. The molecule has 0 aliphatic carbocycles. The first-order chi connectivity index (χ1) is 7.33. The molecule has 2 heterocycles. The van der Waals surface area contributed by atoms with Crippen molar-refractivity contribution in [1.82, 2.24) is 9.78 Å². The predicted molar refractivity (Wildman–Crippen MR) is 56.3 cm³/mol. The lowest BCUT2D eigenvalue weighted by atomic mass is 10.3. The van der Waals surface area contributed by atoms with Crippen LogP contribution in [-0.4, -0.2) is 9.78 Å². The predicted octanol–water partition coefficient (Wildman–Crippen LogP) is 1.40. The van der Waals surface area contributed by atoms with Crippen LogP contribution in [0.5, 0.6) is 0 Å². The van der Waals surface area contributed by atoms with Crippen molar-refractivity contribution in [2.75, 3.05) is 0 Å². The number of hydrogen-bond acceptors (Lipinski definition) is 3. The standard InChI is InChI=1S/C11H10N2O2/c1-2-3-4-6-13-11(14)10-9(8-12-13)5-7-15-10/h1,5,7-8H,3-4,6H2. The highest BCUT2D eigenvalue weighted by Gasteiger charge is 2.05. The Bertz CT molecular complexity index is 560. The van der Waals surface area contributed by atoms with Crippen molar-refractivity contribution in [2.45, 2.75) is 19.4 Å². The van der Waals surface area contributed by atoms with E-state index in [0.717, 1.165) is 11.8 Å². The second-order valence-corrected chi connectivity index (χ2v) is 3.19. The molecule has 0 amide bonds. The highest BCUT2D eigenvalue weighted by atomic mass is 16.3. The van der Waals surface area contributed by atoms with Crippen LogP contribution in [0.25, 0.3) is 11.0 Å². The summed E-state index contributed by atoms with van der Waals surface area (Å²) >= 11 is 0. The Kier molecular flexibility index (Phi) is 2.55. The Morgan fingerprint density at radius 1 is 1.60 bits per heavy atom. The summed E-state index contributed by atoms with van der Waals surface area (Å²) in [6.07, 6.45) is 9.62. The van der Waals surface area contributed by atoms with E-state index in [1.807, 2.05) is 0 Å². The highest BCUT2D eigenvalue weighted by Crippen LogP contribution is 2.08. The lowest BCUT2D eigenvalue weighted by Gasteiger charge is -2.01. The number of aryl methyl sites for hydroxylation is 1. The Morgan fingerprint density at radius 3 is 3.27 bits per heavy atom. The molecule has 0 bridgehead atoms. The van der Waals surface area contributed by atoms with Crippen molar-refractivity contribution in [1.29, 1.82) is 0 Å². The number of hydrogen-bond donors (Lipinski definition) is 0. The average molecular weight is 202 g/mol. The van der Waals surface area contributed by atoms with Gasteiger partial charge in [-0.15, -0.1) is 12.3 Å². The zero-order valence-corrected chi connectivity index (χ0v) is 8.14. The van der Waals surface area contributed by atoms with Crippen LogP contribution >= 0.6 is 0 Å². The molecule has 0 radical (unpaired) electrons. The normalized spacial score (nSPS) is 10.3. The van der Waals surface area contributed by atoms with Crippen molar-refractivity contribution in [3.63, 3.8) is 0 Å². The number of aromatic nitrogens is 2. The topological polar surface area (TPSA) is 48.0 Å². The van der Waals surface area contributed by atoms with Gasteiger partial charge in [0, 0.05) is 18.4 Å². The first-order valence-corrected chi connectivity index (χ1v) is 4.69. The van der Waals surface area contributed by atoms with E-state index in [9.17, 15) is 4.79 Å². The SMILES string of the molecule is C#CCCCn1ncc2ccoc2c1=O. The lowest BCUT2D eigenvalue weighted by molar-refractivity contribution is 0.541. The summed E-state index contributed by atoms with van der Waals surface area (Å²) < 4.78 is 6.46. The minimum atomic E-state index is -0.200. The second kappa shape index (κ2) is 4.01. The molecular weight excluding hydrogens is 192 g/mol. The molecule has 2 aromatic heterocycles. The van der Waals surface area contributed by atoms with Crippen LogP contribution in [-0.2, 0) is 6.54 Å². The van der Waals surface area contributed by atoms with Gasteiger partial charge in [-0.25, -0.2) is 4.68 Å². The molecule has 0 unspecified atom stereocenters. The third kappa shape index (κ3) is 1.77. The molecule has 4 nitrogen and oxygen atoms in total. The van der Waals surface area contributed by atoms with Crippen molar-refractivity contribution >= 4 is 11.0 Å². The summed E-state index contributed by atoms with van der Waals surface area (Å²) in [5, 5.41) is 4.76. The maximum absolute atomic E-state index is 11.7. The minimum absolute atomic E-state index is 0.200. The van der Waals surface area contributed by atoms with Crippen molar-refractivity contribution in [3.8, 4) is 12.3 Å². The van der Waals surface area contributed by atoms with Gasteiger partial charge in [-0.2, -0.15) is 5.10 Å². The Balaban J connectivity index is 2.32. The van der Waals surface area contributed by atoms with Gasteiger partial charge in [0.1, 0.15) is 0 Å². The molecular formula is C11H10N2O2. The molecule has 15 heavy (non-hydrogen) atoms. The molecule has 0 spiro atoms. The van der Waals surface area contributed by atoms with Crippen LogP contribution in [0.4, 0.5) is 0 Å². The van der Waals surface area contributed by atoms with Crippen molar-refractivity contribution in [3.05, 3.63) is 28.9 Å². The van der Waals surface area contributed by atoms with Gasteiger partial charge in [0.15, 0.2) is 0 Å². The smallest absolute Gasteiger partial charge is 0.310 e. The van der Waals surface area contributed by atoms with Crippen LogP contribution in [0.1, 0.15) is 12.8 Å². The summed E-state index contributed by atoms with van der Waals surface area (Å²) in [6.45, 7) is 0.527. The van der Waals surface area contributed by atoms with Gasteiger partial charge in [0.2, 0.25) is 5.58 Å². The quantitative estimate of drug-likeness (QED) is 0.558.